The first-order valence-corrected chi connectivity index (χ1v) is 10.6. The Morgan fingerprint density at radius 1 is 1.04 bits per heavy atom. The van der Waals surface area contributed by atoms with E-state index in [9.17, 15) is 0 Å². The van der Waals surface area contributed by atoms with E-state index in [2.05, 4.69) is 39.5 Å². The minimum Gasteiger partial charge on any atom is -0.303 e. The van der Waals surface area contributed by atoms with Crippen LogP contribution in [0.5, 0.6) is 0 Å². The Labute approximate surface area is 153 Å². The van der Waals surface area contributed by atoms with Gasteiger partial charge in [0.1, 0.15) is 0 Å². The molecule has 0 N–H and O–H groups in total. The van der Waals surface area contributed by atoms with E-state index in [1.54, 1.807) is 0 Å². The summed E-state index contributed by atoms with van der Waals surface area (Å²) in [6.07, 6.45) is 9.99. The van der Waals surface area contributed by atoms with Gasteiger partial charge >= 0.3 is 0 Å². The van der Waals surface area contributed by atoms with Gasteiger partial charge in [-0.05, 0) is 89.4 Å². The van der Waals surface area contributed by atoms with E-state index in [1.807, 2.05) is 0 Å². The van der Waals surface area contributed by atoms with Crippen LogP contribution >= 0.6 is 0 Å². The SMILES string of the molecule is Cc1cc(C)n(CCCN2CCC3(CCCN(CC4CCC4)C3)C2)n1. The lowest BCUT2D eigenvalue weighted by Gasteiger charge is -2.43. The van der Waals surface area contributed by atoms with Gasteiger partial charge < -0.3 is 9.80 Å². The molecule has 1 aromatic rings. The highest BCUT2D eigenvalue weighted by Gasteiger charge is 2.41. The van der Waals surface area contributed by atoms with Crippen LogP contribution in [-0.2, 0) is 6.54 Å². The maximum atomic E-state index is 4.60. The quantitative estimate of drug-likeness (QED) is 0.790. The van der Waals surface area contributed by atoms with Gasteiger partial charge in [0.15, 0.2) is 0 Å². The van der Waals surface area contributed by atoms with Gasteiger partial charge in [0.05, 0.1) is 5.69 Å². The molecule has 0 aromatic carbocycles. The number of nitrogens with zero attached hydrogens (tertiary/aromatic N) is 4. The maximum absolute atomic E-state index is 4.60. The van der Waals surface area contributed by atoms with Crippen LogP contribution in [0.3, 0.4) is 0 Å². The van der Waals surface area contributed by atoms with Crippen molar-refractivity contribution in [1.82, 2.24) is 19.6 Å². The molecule has 1 atom stereocenters. The zero-order chi connectivity index (χ0) is 17.3. The number of hydrogen-bond donors (Lipinski definition) is 0. The van der Waals surface area contributed by atoms with Crippen molar-refractivity contribution < 1.29 is 0 Å². The summed E-state index contributed by atoms with van der Waals surface area (Å²) < 4.78 is 2.18. The molecular formula is C21H36N4. The molecule has 4 heteroatoms. The Balaban J connectivity index is 1.23. The molecular weight excluding hydrogens is 308 g/mol. The molecule has 3 aliphatic rings. The average molecular weight is 345 g/mol. The highest BCUT2D eigenvalue weighted by atomic mass is 15.3. The van der Waals surface area contributed by atoms with Crippen LogP contribution < -0.4 is 0 Å². The van der Waals surface area contributed by atoms with Gasteiger partial charge in [0, 0.05) is 31.9 Å². The summed E-state index contributed by atoms with van der Waals surface area (Å²) in [5.41, 5.74) is 3.06. The third-order valence-electron chi connectivity index (χ3n) is 6.95. The van der Waals surface area contributed by atoms with Gasteiger partial charge in [0.25, 0.3) is 0 Å². The Hall–Kier alpha value is -0.870. The molecule has 1 spiro atoms. The van der Waals surface area contributed by atoms with Crippen LogP contribution in [-0.4, -0.2) is 58.8 Å². The topological polar surface area (TPSA) is 24.3 Å². The second-order valence-corrected chi connectivity index (χ2v) is 9.17. The van der Waals surface area contributed by atoms with Crippen molar-refractivity contribution in [3.63, 3.8) is 0 Å². The molecule has 2 saturated heterocycles. The monoisotopic (exact) mass is 344 g/mol. The van der Waals surface area contributed by atoms with Crippen molar-refractivity contribution in [2.45, 2.75) is 65.3 Å². The highest BCUT2D eigenvalue weighted by molar-refractivity contribution is 5.06. The van der Waals surface area contributed by atoms with E-state index in [0.29, 0.717) is 5.41 Å². The molecule has 1 aliphatic carbocycles. The smallest absolute Gasteiger partial charge is 0.0596 e. The summed E-state index contributed by atoms with van der Waals surface area (Å²) in [6.45, 7) is 13.3. The van der Waals surface area contributed by atoms with Crippen LogP contribution in [0.15, 0.2) is 6.07 Å². The number of hydrogen-bond acceptors (Lipinski definition) is 3. The maximum Gasteiger partial charge on any atom is 0.0596 e. The van der Waals surface area contributed by atoms with E-state index in [4.69, 9.17) is 0 Å². The van der Waals surface area contributed by atoms with Gasteiger partial charge in [-0.15, -0.1) is 0 Å². The van der Waals surface area contributed by atoms with E-state index in [-0.39, 0.29) is 0 Å². The Morgan fingerprint density at radius 2 is 1.88 bits per heavy atom. The second kappa shape index (κ2) is 7.40. The van der Waals surface area contributed by atoms with E-state index >= 15 is 0 Å². The largest absolute Gasteiger partial charge is 0.303 e. The molecule has 0 bridgehead atoms. The molecule has 3 fully saturated rings. The minimum atomic E-state index is 0.611. The van der Waals surface area contributed by atoms with E-state index < -0.39 is 0 Å². The van der Waals surface area contributed by atoms with Gasteiger partial charge in [-0.2, -0.15) is 5.10 Å². The van der Waals surface area contributed by atoms with Gasteiger partial charge in [-0.25, -0.2) is 0 Å². The molecule has 1 unspecified atom stereocenters. The molecule has 0 amide bonds. The number of likely N-dealkylation sites (tertiary alicyclic amines) is 2. The van der Waals surface area contributed by atoms with Crippen molar-refractivity contribution in [2.75, 3.05) is 39.3 Å². The molecule has 4 nitrogen and oxygen atoms in total. The van der Waals surface area contributed by atoms with Gasteiger partial charge in [0.2, 0.25) is 0 Å². The standard InChI is InChI=1S/C21H36N4/c1-18-14-19(2)25(22-18)12-5-11-23-13-9-21(16-23)8-4-10-24(17-21)15-20-6-3-7-20/h14,20H,3-13,15-17H2,1-2H3. The lowest BCUT2D eigenvalue weighted by atomic mass is 9.78. The fraction of sp³-hybridized carbons (Fsp3) is 0.857. The molecule has 3 heterocycles. The number of aryl methyl sites for hydroxylation is 3. The van der Waals surface area contributed by atoms with E-state index in [1.165, 1.54) is 89.9 Å². The summed E-state index contributed by atoms with van der Waals surface area (Å²) in [5.74, 6) is 1.02. The van der Waals surface area contributed by atoms with Crippen LogP contribution in [0.1, 0.15) is 56.3 Å². The molecule has 1 saturated carbocycles. The fourth-order valence-corrected chi connectivity index (χ4v) is 5.40. The van der Waals surface area contributed by atoms with Crippen molar-refractivity contribution >= 4 is 0 Å². The molecule has 0 radical (unpaired) electrons. The summed E-state index contributed by atoms with van der Waals surface area (Å²) >= 11 is 0. The normalized spacial score (nSPS) is 28.7. The Kier molecular flexibility index (Phi) is 5.19. The highest BCUT2D eigenvalue weighted by Crippen LogP contribution is 2.40. The van der Waals surface area contributed by atoms with Crippen LogP contribution in [0.25, 0.3) is 0 Å². The van der Waals surface area contributed by atoms with Crippen molar-refractivity contribution in [3.8, 4) is 0 Å². The van der Waals surface area contributed by atoms with Crippen LogP contribution in [0.2, 0.25) is 0 Å². The third-order valence-corrected chi connectivity index (χ3v) is 6.95. The predicted molar refractivity (Wildman–Crippen MR) is 103 cm³/mol. The molecule has 25 heavy (non-hydrogen) atoms. The Bertz CT molecular complexity index is 576. The van der Waals surface area contributed by atoms with E-state index in [0.717, 1.165) is 18.2 Å². The second-order valence-electron chi connectivity index (χ2n) is 9.17. The van der Waals surface area contributed by atoms with Crippen molar-refractivity contribution in [1.29, 1.82) is 0 Å². The van der Waals surface area contributed by atoms with Gasteiger partial charge in [-0.3, -0.25) is 4.68 Å². The van der Waals surface area contributed by atoms with Crippen LogP contribution in [0, 0.1) is 25.2 Å². The first-order chi connectivity index (χ1) is 12.1. The summed E-state index contributed by atoms with van der Waals surface area (Å²) in [6, 6.07) is 2.18. The Morgan fingerprint density at radius 3 is 2.60 bits per heavy atom. The molecule has 2 aliphatic heterocycles. The minimum absolute atomic E-state index is 0.611. The lowest BCUT2D eigenvalue weighted by molar-refractivity contribution is 0.0672. The first kappa shape index (κ1) is 17.5. The molecule has 1 aromatic heterocycles. The van der Waals surface area contributed by atoms with Crippen LogP contribution in [0.4, 0.5) is 0 Å². The zero-order valence-corrected chi connectivity index (χ0v) is 16.3. The number of aromatic nitrogens is 2. The summed E-state index contributed by atoms with van der Waals surface area (Å²) in [5, 5.41) is 4.60. The lowest BCUT2D eigenvalue weighted by Crippen LogP contribution is -2.47. The molecule has 140 valence electrons. The molecule has 4 rings (SSSR count). The third kappa shape index (κ3) is 4.11. The average Bonchev–Trinajstić information content (AvgIpc) is 3.07. The summed E-state index contributed by atoms with van der Waals surface area (Å²) in [4.78, 5) is 5.55. The fourth-order valence-electron chi connectivity index (χ4n) is 5.40. The van der Waals surface area contributed by atoms with Gasteiger partial charge in [-0.1, -0.05) is 6.42 Å². The summed E-state index contributed by atoms with van der Waals surface area (Å²) in [7, 11) is 0. The number of piperidine rings is 1. The predicted octanol–water partition coefficient (Wildman–Crippen LogP) is 3.48. The first-order valence-electron chi connectivity index (χ1n) is 10.6. The van der Waals surface area contributed by atoms with Crippen molar-refractivity contribution in [2.24, 2.45) is 11.3 Å². The zero-order valence-electron chi connectivity index (χ0n) is 16.3. The number of rotatable bonds is 6. The van der Waals surface area contributed by atoms with Crippen molar-refractivity contribution in [3.05, 3.63) is 17.5 Å².